The van der Waals surface area contributed by atoms with Crippen LogP contribution in [0.25, 0.3) is 0 Å². The van der Waals surface area contributed by atoms with Crippen LogP contribution in [0.5, 0.6) is 0 Å². The summed E-state index contributed by atoms with van der Waals surface area (Å²) < 4.78 is 13.7. The van der Waals surface area contributed by atoms with E-state index in [-0.39, 0.29) is 0 Å². The van der Waals surface area contributed by atoms with Gasteiger partial charge in [-0.05, 0) is 47.2 Å². The van der Waals surface area contributed by atoms with Crippen LogP contribution in [-0.4, -0.2) is 0 Å². The van der Waals surface area contributed by atoms with Gasteiger partial charge in [-0.2, -0.15) is 0 Å². The van der Waals surface area contributed by atoms with Crippen molar-refractivity contribution in [2.75, 3.05) is 0 Å². The smallest absolute Gasteiger partial charge is 0.122 e. The van der Waals surface area contributed by atoms with E-state index in [1.165, 1.54) is 0 Å². The molecule has 0 heterocycles. The van der Waals surface area contributed by atoms with Gasteiger partial charge in [-0.25, -0.2) is 4.39 Å². The lowest BCUT2D eigenvalue weighted by Gasteiger charge is -2.00. The van der Waals surface area contributed by atoms with E-state index in [9.17, 15) is 4.39 Å². The minimum absolute atomic E-state index is 0.756. The first kappa shape index (κ1) is 7.98. The van der Waals surface area contributed by atoms with Gasteiger partial charge >= 0.3 is 0 Å². The average Bonchev–Trinajstić information content (AvgIpc) is 1.88. The summed E-state index contributed by atoms with van der Waals surface area (Å²) in [5, 5.41) is 0. The molecule has 0 fully saturated rings. The third kappa shape index (κ3) is 1.94. The summed E-state index contributed by atoms with van der Waals surface area (Å²) in [7, 11) is 0. The van der Waals surface area contributed by atoms with Gasteiger partial charge in [-0.1, -0.05) is 12.1 Å². The van der Waals surface area contributed by atoms with Crippen LogP contribution in [0.15, 0.2) is 24.3 Å². The second-order valence-corrected chi connectivity index (χ2v) is 3.42. The predicted molar refractivity (Wildman–Crippen MR) is 48.7 cm³/mol. The van der Waals surface area contributed by atoms with Gasteiger partial charge in [0.05, 0.1) is 0 Å². The molecule has 1 rings (SSSR count). The Morgan fingerprint density at radius 3 is 2.60 bits per heavy atom. The van der Waals surface area contributed by atoms with Crippen molar-refractivity contribution in [1.82, 2.24) is 0 Å². The molecule has 0 aliphatic rings. The summed E-state index contributed by atoms with van der Waals surface area (Å²) in [6.07, 6.45) is -0.852. The van der Waals surface area contributed by atoms with Crippen molar-refractivity contribution in [1.29, 1.82) is 0 Å². The van der Waals surface area contributed by atoms with Crippen LogP contribution in [0.4, 0.5) is 4.39 Å². The molecule has 0 amide bonds. The van der Waals surface area contributed by atoms with Crippen LogP contribution >= 0.6 is 22.6 Å². The average molecular weight is 250 g/mol. The summed E-state index contributed by atoms with van der Waals surface area (Å²) in [5.74, 6) is 0. The number of halogens is 2. The van der Waals surface area contributed by atoms with Crippen molar-refractivity contribution in [3.05, 3.63) is 33.4 Å². The third-order valence-electron chi connectivity index (χ3n) is 1.31. The second-order valence-electron chi connectivity index (χ2n) is 2.17. The quantitative estimate of drug-likeness (QED) is 0.670. The summed E-state index contributed by atoms with van der Waals surface area (Å²) >= 11 is 2.17. The van der Waals surface area contributed by atoms with Gasteiger partial charge in [0.1, 0.15) is 6.17 Å². The van der Waals surface area contributed by atoms with E-state index in [4.69, 9.17) is 0 Å². The molecule has 1 aromatic rings. The highest BCUT2D eigenvalue weighted by atomic mass is 127. The standard InChI is InChI=1S/C8H8FI/c1-6(9)7-3-2-4-8(10)5-7/h2-6H,1H3. The van der Waals surface area contributed by atoms with Gasteiger partial charge in [0, 0.05) is 3.57 Å². The SMILES string of the molecule is CC(F)c1cccc(I)c1. The van der Waals surface area contributed by atoms with Crippen LogP contribution in [0, 0.1) is 3.57 Å². The minimum atomic E-state index is -0.852. The fourth-order valence-corrected chi connectivity index (χ4v) is 1.32. The lowest BCUT2D eigenvalue weighted by atomic mass is 10.1. The Kier molecular flexibility index (Phi) is 2.65. The van der Waals surface area contributed by atoms with Gasteiger partial charge in [-0.3, -0.25) is 0 Å². The van der Waals surface area contributed by atoms with E-state index < -0.39 is 6.17 Å². The zero-order valence-electron chi connectivity index (χ0n) is 5.64. The molecule has 0 bridgehead atoms. The van der Waals surface area contributed by atoms with Crippen molar-refractivity contribution in [3.8, 4) is 0 Å². The highest BCUT2D eigenvalue weighted by Crippen LogP contribution is 2.17. The third-order valence-corrected chi connectivity index (χ3v) is 1.98. The molecule has 0 N–H and O–H groups in total. The van der Waals surface area contributed by atoms with E-state index in [1.807, 2.05) is 18.2 Å². The summed E-state index contributed by atoms with van der Waals surface area (Å²) in [4.78, 5) is 0. The van der Waals surface area contributed by atoms with E-state index in [1.54, 1.807) is 13.0 Å². The van der Waals surface area contributed by atoms with Crippen molar-refractivity contribution in [2.45, 2.75) is 13.1 Å². The first-order valence-electron chi connectivity index (χ1n) is 3.09. The molecule has 0 aliphatic heterocycles. The number of alkyl halides is 1. The second kappa shape index (κ2) is 3.32. The Labute approximate surface area is 73.6 Å². The van der Waals surface area contributed by atoms with E-state index in [0.717, 1.165) is 9.13 Å². The molecule has 1 atom stereocenters. The molecule has 1 unspecified atom stereocenters. The maximum atomic E-state index is 12.6. The van der Waals surface area contributed by atoms with Crippen LogP contribution in [0.1, 0.15) is 18.7 Å². The van der Waals surface area contributed by atoms with Gasteiger partial charge in [0.25, 0.3) is 0 Å². The molecular weight excluding hydrogens is 242 g/mol. The molecule has 0 radical (unpaired) electrons. The van der Waals surface area contributed by atoms with Crippen LogP contribution in [0.3, 0.4) is 0 Å². The fraction of sp³-hybridized carbons (Fsp3) is 0.250. The number of hydrogen-bond donors (Lipinski definition) is 0. The molecule has 2 heteroatoms. The summed E-state index contributed by atoms with van der Waals surface area (Å²) in [6, 6.07) is 7.47. The largest absolute Gasteiger partial charge is 0.243 e. The number of benzene rings is 1. The fourth-order valence-electron chi connectivity index (χ4n) is 0.754. The number of rotatable bonds is 1. The first-order chi connectivity index (χ1) is 4.70. The molecule has 0 spiro atoms. The van der Waals surface area contributed by atoms with E-state index >= 15 is 0 Å². The Balaban J connectivity index is 2.96. The van der Waals surface area contributed by atoms with Crippen molar-refractivity contribution in [2.24, 2.45) is 0 Å². The highest BCUT2D eigenvalue weighted by Gasteiger charge is 2.00. The van der Waals surface area contributed by atoms with Crippen molar-refractivity contribution < 1.29 is 4.39 Å². The molecule has 0 aliphatic carbocycles. The van der Waals surface area contributed by atoms with E-state index in [2.05, 4.69) is 22.6 Å². The Bertz CT molecular complexity index is 220. The van der Waals surface area contributed by atoms with Gasteiger partial charge < -0.3 is 0 Å². The normalized spacial score (nSPS) is 13.1. The predicted octanol–water partition coefficient (Wildman–Crippen LogP) is 3.32. The van der Waals surface area contributed by atoms with E-state index in [0.29, 0.717) is 0 Å². The molecule has 1 aromatic carbocycles. The maximum absolute atomic E-state index is 12.6. The molecular formula is C8H8FI. The molecule has 0 aromatic heterocycles. The molecule has 0 saturated heterocycles. The molecule has 0 saturated carbocycles. The van der Waals surface area contributed by atoms with Crippen LogP contribution in [-0.2, 0) is 0 Å². The highest BCUT2D eigenvalue weighted by molar-refractivity contribution is 14.1. The zero-order chi connectivity index (χ0) is 7.56. The molecule has 54 valence electrons. The Hall–Kier alpha value is -0.120. The lowest BCUT2D eigenvalue weighted by molar-refractivity contribution is 0.374. The van der Waals surface area contributed by atoms with Gasteiger partial charge in [0.2, 0.25) is 0 Å². The maximum Gasteiger partial charge on any atom is 0.122 e. The van der Waals surface area contributed by atoms with Crippen LogP contribution in [0.2, 0.25) is 0 Å². The van der Waals surface area contributed by atoms with Crippen molar-refractivity contribution in [3.63, 3.8) is 0 Å². The van der Waals surface area contributed by atoms with Crippen LogP contribution < -0.4 is 0 Å². The summed E-state index contributed by atoms with van der Waals surface area (Å²) in [5.41, 5.74) is 0.756. The topological polar surface area (TPSA) is 0 Å². The Morgan fingerprint density at radius 2 is 2.20 bits per heavy atom. The zero-order valence-corrected chi connectivity index (χ0v) is 7.80. The van der Waals surface area contributed by atoms with Gasteiger partial charge in [0.15, 0.2) is 0 Å². The minimum Gasteiger partial charge on any atom is -0.243 e. The Morgan fingerprint density at radius 1 is 1.50 bits per heavy atom. The first-order valence-corrected chi connectivity index (χ1v) is 4.17. The lowest BCUT2D eigenvalue weighted by Crippen LogP contribution is -1.84. The monoisotopic (exact) mass is 250 g/mol. The molecule has 0 nitrogen and oxygen atoms in total. The molecule has 10 heavy (non-hydrogen) atoms. The van der Waals surface area contributed by atoms with Gasteiger partial charge in [-0.15, -0.1) is 0 Å². The number of hydrogen-bond acceptors (Lipinski definition) is 0. The summed E-state index contributed by atoms with van der Waals surface area (Å²) in [6.45, 7) is 1.55. The van der Waals surface area contributed by atoms with Crippen molar-refractivity contribution >= 4 is 22.6 Å².